The van der Waals surface area contributed by atoms with E-state index in [-0.39, 0.29) is 0 Å². The van der Waals surface area contributed by atoms with E-state index in [1.54, 1.807) is 0 Å². The Kier molecular flexibility index (Phi) is 13.3. The summed E-state index contributed by atoms with van der Waals surface area (Å²) < 4.78 is 0. The van der Waals surface area contributed by atoms with Crippen molar-refractivity contribution in [3.63, 3.8) is 0 Å². The second kappa shape index (κ2) is 22.9. The first-order chi connectivity index (χ1) is 46.7. The summed E-state index contributed by atoms with van der Waals surface area (Å²) in [5, 5.41) is 25.4. The minimum atomic E-state index is 1.23. The second-order valence-electron chi connectivity index (χ2n) is 24.9. The summed E-state index contributed by atoms with van der Waals surface area (Å²) >= 11 is 0. The Balaban J connectivity index is 0.000000139. The van der Waals surface area contributed by atoms with Crippen LogP contribution in [0.5, 0.6) is 0 Å². The smallest absolute Gasteiger partial charge is 0.00203 e. The van der Waals surface area contributed by atoms with Crippen molar-refractivity contribution < 1.29 is 0 Å². The Morgan fingerprint density at radius 2 is 0.372 bits per heavy atom. The third-order valence-electron chi connectivity index (χ3n) is 19.6. The van der Waals surface area contributed by atoms with E-state index in [4.69, 9.17) is 0 Å². The first kappa shape index (κ1) is 54.7. The predicted molar refractivity (Wildman–Crippen MR) is 406 cm³/mol. The third-order valence-corrected chi connectivity index (χ3v) is 19.6. The van der Waals surface area contributed by atoms with Gasteiger partial charge in [-0.15, -0.1) is 0 Å². The average Bonchev–Trinajstić information content (AvgIpc) is 0.740. The Bertz CT molecular complexity index is 6080. The molecule has 0 atom stereocenters. The van der Waals surface area contributed by atoms with Crippen LogP contribution in [0.15, 0.2) is 364 Å². The van der Waals surface area contributed by atoms with E-state index in [9.17, 15) is 0 Å². The molecule has 0 aromatic heterocycles. The van der Waals surface area contributed by atoms with Crippen LogP contribution in [0.4, 0.5) is 0 Å². The van der Waals surface area contributed by atoms with Gasteiger partial charge in [-0.25, -0.2) is 0 Å². The molecule has 0 aliphatic rings. The molecule has 0 amide bonds. The molecule has 436 valence electrons. The van der Waals surface area contributed by atoms with Crippen LogP contribution in [0.25, 0.3) is 186 Å². The lowest BCUT2D eigenvalue weighted by molar-refractivity contribution is 1.62. The maximum atomic E-state index is 2.45. The number of fused-ring (bicyclic) bond motifs is 12. The van der Waals surface area contributed by atoms with E-state index in [1.807, 2.05) is 0 Å². The molecule has 0 saturated carbocycles. The van der Waals surface area contributed by atoms with Gasteiger partial charge in [0.05, 0.1) is 0 Å². The zero-order chi connectivity index (χ0) is 62.1. The SMILES string of the molecule is c1ccc(-c2c(-c3ccccc3)c3ccc(-c4c5ccccc5c(-c5ccc6ccccc6c5)c5ccccc45)cc3c3ccccc23)cc1.c1ccc(-c2cc3ccccc3c3cc(-c4c5ccccc5c(-c5ccc6ccccc6c5)c5ccccc45)ccc23)cc1. The molecular formula is C94H60. The Morgan fingerprint density at radius 1 is 0.106 bits per heavy atom. The topological polar surface area (TPSA) is 0 Å². The molecular weight excluding hydrogens is 1130 g/mol. The Morgan fingerprint density at radius 3 is 0.777 bits per heavy atom. The van der Waals surface area contributed by atoms with Crippen LogP contribution in [0, 0.1) is 0 Å². The summed E-state index contributed by atoms with van der Waals surface area (Å²) in [5.41, 5.74) is 17.6. The van der Waals surface area contributed by atoms with Crippen LogP contribution in [-0.2, 0) is 0 Å². The molecule has 0 nitrogen and oxygen atoms in total. The lowest BCUT2D eigenvalue weighted by Gasteiger charge is -2.21. The van der Waals surface area contributed by atoms with Crippen molar-refractivity contribution in [1.82, 2.24) is 0 Å². The Labute approximate surface area is 546 Å². The Hall–Kier alpha value is -12.2. The van der Waals surface area contributed by atoms with Gasteiger partial charge in [-0.05, 0) is 216 Å². The van der Waals surface area contributed by atoms with Crippen molar-refractivity contribution in [3.8, 4) is 77.9 Å². The van der Waals surface area contributed by atoms with Gasteiger partial charge in [0.25, 0.3) is 0 Å². The van der Waals surface area contributed by atoms with Crippen LogP contribution in [0.3, 0.4) is 0 Å². The van der Waals surface area contributed by atoms with Crippen molar-refractivity contribution >= 4 is 108 Å². The standard InChI is InChI=1S/C50H32.C44H28/c1-3-16-34(17-4-1)49-40-22-10-9-21-39(40)46-32-38(29-30-45(46)50(49)35-18-5-2-6-19-35)48-43-25-13-11-23-41(43)47(42-24-12-14-26-44(42)48)37-28-27-33-15-7-8-20-36(33)31-37;1-2-13-30(14-3-1)41-27-32-16-6-7-17-35(32)42-28-34(24-25-36(41)42)44-39-20-10-8-18-37(39)43(38-19-9-11-21-40(38)44)33-23-22-29-12-4-5-15-31(29)26-33/h1-32H;1-28H. The van der Waals surface area contributed by atoms with Gasteiger partial charge in [0, 0.05) is 0 Å². The van der Waals surface area contributed by atoms with Crippen molar-refractivity contribution in [2.24, 2.45) is 0 Å². The van der Waals surface area contributed by atoms with Gasteiger partial charge in [-0.2, -0.15) is 0 Å². The van der Waals surface area contributed by atoms with Gasteiger partial charge < -0.3 is 0 Å². The van der Waals surface area contributed by atoms with Crippen molar-refractivity contribution in [2.45, 2.75) is 0 Å². The van der Waals surface area contributed by atoms with Gasteiger partial charge in [0.2, 0.25) is 0 Å². The molecule has 19 aromatic rings. The highest BCUT2D eigenvalue weighted by Crippen LogP contribution is 2.50. The first-order valence-corrected chi connectivity index (χ1v) is 32.6. The minimum absolute atomic E-state index is 1.23. The van der Waals surface area contributed by atoms with E-state index in [1.165, 1.54) is 186 Å². The number of benzene rings is 19. The zero-order valence-corrected chi connectivity index (χ0v) is 51.6. The molecule has 0 bridgehead atoms. The summed E-state index contributed by atoms with van der Waals surface area (Å²) in [7, 11) is 0. The van der Waals surface area contributed by atoms with Crippen LogP contribution < -0.4 is 0 Å². The molecule has 0 heteroatoms. The lowest BCUT2D eigenvalue weighted by atomic mass is 9.82. The fourth-order valence-electron chi connectivity index (χ4n) is 15.5. The van der Waals surface area contributed by atoms with Crippen molar-refractivity contribution in [2.75, 3.05) is 0 Å². The van der Waals surface area contributed by atoms with E-state index in [2.05, 4.69) is 364 Å². The van der Waals surface area contributed by atoms with Crippen LogP contribution in [0.1, 0.15) is 0 Å². The van der Waals surface area contributed by atoms with Gasteiger partial charge >= 0.3 is 0 Å². The first-order valence-electron chi connectivity index (χ1n) is 32.6. The maximum Gasteiger partial charge on any atom is -0.00203 e. The second-order valence-corrected chi connectivity index (χ2v) is 24.9. The molecule has 0 radical (unpaired) electrons. The monoisotopic (exact) mass is 1190 g/mol. The predicted octanol–water partition coefficient (Wildman–Crippen LogP) is 26.6. The van der Waals surface area contributed by atoms with Gasteiger partial charge in [0.15, 0.2) is 0 Å². The minimum Gasteiger partial charge on any atom is -0.0622 e. The lowest BCUT2D eigenvalue weighted by Crippen LogP contribution is -1.93. The van der Waals surface area contributed by atoms with E-state index >= 15 is 0 Å². The molecule has 0 N–H and O–H groups in total. The summed E-state index contributed by atoms with van der Waals surface area (Å²) in [5.74, 6) is 0. The zero-order valence-electron chi connectivity index (χ0n) is 51.6. The van der Waals surface area contributed by atoms with Gasteiger partial charge in [-0.1, -0.05) is 334 Å². The highest BCUT2D eigenvalue weighted by atomic mass is 14.3. The fraction of sp³-hybridized carbons (Fsp3) is 0. The molecule has 0 heterocycles. The van der Waals surface area contributed by atoms with E-state index < -0.39 is 0 Å². The van der Waals surface area contributed by atoms with Crippen molar-refractivity contribution in [3.05, 3.63) is 364 Å². The summed E-state index contributed by atoms with van der Waals surface area (Å²) in [6, 6.07) is 134. The molecule has 0 spiro atoms. The molecule has 94 heavy (non-hydrogen) atoms. The molecule has 0 unspecified atom stereocenters. The van der Waals surface area contributed by atoms with Crippen molar-refractivity contribution in [1.29, 1.82) is 0 Å². The van der Waals surface area contributed by atoms with Crippen LogP contribution in [0.2, 0.25) is 0 Å². The maximum absolute atomic E-state index is 2.45. The molecule has 0 aliphatic heterocycles. The highest BCUT2D eigenvalue weighted by molar-refractivity contribution is 6.27. The highest BCUT2D eigenvalue weighted by Gasteiger charge is 2.23. The summed E-state index contributed by atoms with van der Waals surface area (Å²) in [6.45, 7) is 0. The number of hydrogen-bond acceptors (Lipinski definition) is 0. The molecule has 19 rings (SSSR count). The quantitative estimate of drug-likeness (QED) is 0.110. The van der Waals surface area contributed by atoms with E-state index in [0.29, 0.717) is 0 Å². The molecule has 19 aromatic carbocycles. The normalized spacial score (nSPS) is 11.6. The average molecular weight is 1190 g/mol. The fourth-order valence-corrected chi connectivity index (χ4v) is 15.5. The van der Waals surface area contributed by atoms with Gasteiger partial charge in [-0.3, -0.25) is 0 Å². The largest absolute Gasteiger partial charge is 0.0622 e. The van der Waals surface area contributed by atoms with Crippen LogP contribution >= 0.6 is 0 Å². The van der Waals surface area contributed by atoms with E-state index in [0.717, 1.165) is 0 Å². The molecule has 0 saturated heterocycles. The molecule has 0 fully saturated rings. The summed E-state index contributed by atoms with van der Waals surface area (Å²) in [4.78, 5) is 0. The van der Waals surface area contributed by atoms with Gasteiger partial charge in [0.1, 0.15) is 0 Å². The number of hydrogen-bond donors (Lipinski definition) is 0. The summed E-state index contributed by atoms with van der Waals surface area (Å²) in [6.07, 6.45) is 0. The number of rotatable bonds is 7. The van der Waals surface area contributed by atoms with Crippen LogP contribution in [-0.4, -0.2) is 0 Å². The molecule has 0 aliphatic carbocycles. The third kappa shape index (κ3) is 9.22.